The van der Waals surface area contributed by atoms with E-state index < -0.39 is 11.6 Å². The number of carbonyl (C=O) groups excluding carboxylic acids is 2. The summed E-state index contributed by atoms with van der Waals surface area (Å²) in [6.07, 6.45) is 2.08. The minimum absolute atomic E-state index is 0.109. The van der Waals surface area contributed by atoms with Crippen LogP contribution >= 0.6 is 0 Å². The average molecular weight is 504 g/mol. The van der Waals surface area contributed by atoms with Gasteiger partial charge in [-0.1, -0.05) is 54.6 Å². The van der Waals surface area contributed by atoms with Crippen molar-refractivity contribution in [1.29, 1.82) is 0 Å². The van der Waals surface area contributed by atoms with E-state index in [0.29, 0.717) is 54.9 Å². The normalized spacial score (nSPS) is 21.1. The van der Waals surface area contributed by atoms with Crippen molar-refractivity contribution in [2.24, 2.45) is 0 Å². The first-order valence-corrected chi connectivity index (χ1v) is 12.4. The molecule has 0 saturated heterocycles. The molecule has 0 aliphatic heterocycles. The second kappa shape index (κ2) is 11.5. The van der Waals surface area contributed by atoms with Gasteiger partial charge in [-0.2, -0.15) is 0 Å². The van der Waals surface area contributed by atoms with E-state index in [-0.39, 0.29) is 17.9 Å². The topological polar surface area (TPSA) is 94.1 Å². The number of ether oxygens (including phenoxy) is 3. The van der Waals surface area contributed by atoms with Crippen molar-refractivity contribution in [3.05, 3.63) is 95.6 Å². The van der Waals surface area contributed by atoms with Crippen LogP contribution in [0.4, 0.5) is 0 Å². The van der Waals surface area contributed by atoms with Crippen molar-refractivity contribution in [2.75, 3.05) is 27.4 Å². The van der Waals surface area contributed by atoms with E-state index in [2.05, 4.69) is 17.4 Å². The lowest BCUT2D eigenvalue weighted by molar-refractivity contribution is -0.0654. The lowest BCUT2D eigenvalue weighted by Crippen LogP contribution is -2.49. The molecule has 0 radical (unpaired) electrons. The van der Waals surface area contributed by atoms with Crippen LogP contribution in [0.1, 0.15) is 52.0 Å². The summed E-state index contributed by atoms with van der Waals surface area (Å²) < 4.78 is 16.1. The highest BCUT2D eigenvalue weighted by Crippen LogP contribution is 2.43. The molecule has 0 aromatic heterocycles. The van der Waals surface area contributed by atoms with E-state index in [1.54, 1.807) is 49.6 Å². The second-order valence-corrected chi connectivity index (χ2v) is 9.53. The van der Waals surface area contributed by atoms with Crippen LogP contribution in [0.25, 0.3) is 0 Å². The van der Waals surface area contributed by atoms with Gasteiger partial charge in [0.2, 0.25) is 0 Å². The van der Waals surface area contributed by atoms with Crippen LogP contribution in [0.2, 0.25) is 0 Å². The van der Waals surface area contributed by atoms with Gasteiger partial charge in [0, 0.05) is 12.0 Å². The van der Waals surface area contributed by atoms with Gasteiger partial charge in [-0.05, 0) is 55.5 Å². The first-order valence-electron chi connectivity index (χ1n) is 12.4. The zero-order valence-electron chi connectivity index (χ0n) is 21.2. The molecule has 3 aromatic carbocycles. The molecule has 0 bridgehead atoms. The number of methoxy groups -OCH3 is 2. The number of esters is 1. The molecule has 1 saturated carbocycles. The maximum atomic E-state index is 13.0. The fourth-order valence-corrected chi connectivity index (χ4v) is 4.97. The van der Waals surface area contributed by atoms with Crippen molar-refractivity contribution in [3.63, 3.8) is 0 Å². The van der Waals surface area contributed by atoms with Gasteiger partial charge in [-0.15, -0.1) is 0 Å². The first-order chi connectivity index (χ1) is 17.9. The number of carbonyl (C=O) groups is 2. The zero-order valence-corrected chi connectivity index (χ0v) is 21.2. The Labute approximate surface area is 217 Å². The molecule has 0 unspecified atom stereocenters. The van der Waals surface area contributed by atoms with Gasteiger partial charge >= 0.3 is 5.97 Å². The summed E-state index contributed by atoms with van der Waals surface area (Å²) in [6, 6.07) is 24.0. The van der Waals surface area contributed by atoms with E-state index in [9.17, 15) is 14.7 Å². The first kappa shape index (κ1) is 26.2. The van der Waals surface area contributed by atoms with Crippen LogP contribution in [0.3, 0.4) is 0 Å². The van der Waals surface area contributed by atoms with Gasteiger partial charge in [0.05, 0.1) is 25.4 Å². The number of hydrogen-bond acceptors (Lipinski definition) is 6. The standard InChI is InChI=1S/C30H33NO6/c1-35-25-14-8-6-12-23(25)27(32)31-20-29(22-10-4-3-5-11-22)16-18-30(34,19-17-29)21-37-28(33)24-13-7-9-15-26(24)36-2/h3-15,34H,16-21H2,1-2H3,(H,31,32). The van der Waals surface area contributed by atoms with Crippen molar-refractivity contribution < 1.29 is 28.9 Å². The summed E-state index contributed by atoms with van der Waals surface area (Å²) in [5.74, 6) is 0.204. The number of benzene rings is 3. The van der Waals surface area contributed by atoms with Gasteiger partial charge in [0.15, 0.2) is 0 Å². The van der Waals surface area contributed by atoms with E-state index in [1.165, 1.54) is 7.11 Å². The minimum Gasteiger partial charge on any atom is -0.496 e. The van der Waals surface area contributed by atoms with Crippen LogP contribution in [0.15, 0.2) is 78.9 Å². The molecule has 3 aromatic rings. The molecule has 1 fully saturated rings. The Hall–Kier alpha value is -3.84. The van der Waals surface area contributed by atoms with Crippen molar-refractivity contribution in [3.8, 4) is 11.5 Å². The van der Waals surface area contributed by atoms with Crippen LogP contribution in [-0.2, 0) is 10.2 Å². The smallest absolute Gasteiger partial charge is 0.342 e. The molecule has 0 atom stereocenters. The molecule has 4 rings (SSSR count). The molecule has 0 heterocycles. The lowest BCUT2D eigenvalue weighted by atomic mass is 9.65. The zero-order chi connectivity index (χ0) is 26.3. The molecule has 1 aliphatic carbocycles. The molecule has 7 heteroatoms. The van der Waals surface area contributed by atoms with E-state index >= 15 is 0 Å². The number of aliphatic hydroxyl groups is 1. The van der Waals surface area contributed by atoms with Crippen LogP contribution < -0.4 is 14.8 Å². The summed E-state index contributed by atoms with van der Waals surface area (Å²) in [7, 11) is 3.04. The number of para-hydroxylation sites is 2. The van der Waals surface area contributed by atoms with Crippen molar-refractivity contribution in [2.45, 2.75) is 36.7 Å². The van der Waals surface area contributed by atoms with Crippen molar-refractivity contribution in [1.82, 2.24) is 5.32 Å². The molecule has 2 N–H and O–H groups in total. The molecule has 0 spiro atoms. The third-order valence-corrected chi connectivity index (χ3v) is 7.26. The van der Waals surface area contributed by atoms with Gasteiger partial charge in [-0.3, -0.25) is 4.79 Å². The number of amides is 1. The molecule has 7 nitrogen and oxygen atoms in total. The Kier molecular flexibility index (Phi) is 8.14. The minimum atomic E-state index is -1.15. The summed E-state index contributed by atoms with van der Waals surface area (Å²) in [4.78, 5) is 25.7. The lowest BCUT2D eigenvalue weighted by Gasteiger charge is -2.44. The highest BCUT2D eigenvalue weighted by Gasteiger charge is 2.44. The molecular formula is C30H33NO6. The molecule has 37 heavy (non-hydrogen) atoms. The Morgan fingerprint density at radius 3 is 1.95 bits per heavy atom. The highest BCUT2D eigenvalue weighted by molar-refractivity contribution is 5.97. The third kappa shape index (κ3) is 5.94. The maximum absolute atomic E-state index is 13.0. The molecule has 1 amide bonds. The average Bonchev–Trinajstić information content (AvgIpc) is 2.96. The summed E-state index contributed by atoms with van der Waals surface area (Å²) in [5, 5.41) is 14.4. The predicted octanol–water partition coefficient (Wildman–Crippen LogP) is 4.53. The van der Waals surface area contributed by atoms with Gasteiger partial charge in [-0.25, -0.2) is 4.79 Å². The summed E-state index contributed by atoms with van der Waals surface area (Å²) >= 11 is 0. The Morgan fingerprint density at radius 2 is 1.32 bits per heavy atom. The predicted molar refractivity (Wildman–Crippen MR) is 140 cm³/mol. The van der Waals surface area contributed by atoms with E-state index in [0.717, 1.165) is 5.56 Å². The van der Waals surface area contributed by atoms with E-state index in [4.69, 9.17) is 14.2 Å². The molecule has 1 aliphatic rings. The largest absolute Gasteiger partial charge is 0.496 e. The Bertz CT molecular complexity index is 1220. The van der Waals surface area contributed by atoms with Crippen molar-refractivity contribution >= 4 is 11.9 Å². The maximum Gasteiger partial charge on any atom is 0.342 e. The summed E-state index contributed by atoms with van der Waals surface area (Å²) in [5.41, 5.74) is 0.384. The molecular weight excluding hydrogens is 470 g/mol. The van der Waals surface area contributed by atoms with E-state index in [1.807, 2.05) is 24.3 Å². The Morgan fingerprint density at radius 1 is 0.784 bits per heavy atom. The number of hydrogen-bond donors (Lipinski definition) is 2. The third-order valence-electron chi connectivity index (χ3n) is 7.26. The quantitative estimate of drug-likeness (QED) is 0.417. The monoisotopic (exact) mass is 503 g/mol. The van der Waals surface area contributed by atoms with Gasteiger partial charge < -0.3 is 24.6 Å². The summed E-state index contributed by atoms with van der Waals surface area (Å²) in [6.45, 7) is 0.299. The second-order valence-electron chi connectivity index (χ2n) is 9.53. The Balaban J connectivity index is 1.45. The van der Waals surface area contributed by atoms with Gasteiger partial charge in [0.25, 0.3) is 5.91 Å². The SMILES string of the molecule is COc1ccccc1C(=O)NCC1(c2ccccc2)CCC(O)(COC(=O)c2ccccc2OC)CC1. The van der Waals surface area contributed by atoms with Crippen LogP contribution in [0.5, 0.6) is 11.5 Å². The highest BCUT2D eigenvalue weighted by atomic mass is 16.5. The van der Waals surface area contributed by atoms with Crippen LogP contribution in [0, 0.1) is 0 Å². The van der Waals surface area contributed by atoms with Crippen LogP contribution in [-0.4, -0.2) is 50.0 Å². The van der Waals surface area contributed by atoms with Gasteiger partial charge in [0.1, 0.15) is 23.7 Å². The fourth-order valence-electron chi connectivity index (χ4n) is 4.97. The molecule has 194 valence electrons. The number of nitrogens with one attached hydrogen (secondary N) is 1. The fraction of sp³-hybridized carbons (Fsp3) is 0.333. The number of rotatable bonds is 9.